The van der Waals surface area contributed by atoms with Crippen LogP contribution in [-0.4, -0.2) is 37.0 Å². The van der Waals surface area contributed by atoms with Crippen molar-refractivity contribution >= 4 is 5.96 Å². The summed E-state index contributed by atoms with van der Waals surface area (Å²) in [4.78, 5) is 6.36. The first-order chi connectivity index (χ1) is 6.24. The maximum atomic E-state index is 5.36. The highest BCUT2D eigenvalue weighted by molar-refractivity contribution is 5.76. The molecule has 5 heteroatoms. The quantitative estimate of drug-likeness (QED) is 0.172. The fraction of sp³-hybridized carbons (Fsp3) is 0.875. The number of rotatable bonds is 6. The summed E-state index contributed by atoms with van der Waals surface area (Å²) in [6.45, 7) is 8.28. The Kier molecular flexibility index (Phi) is 7.33. The van der Waals surface area contributed by atoms with Gasteiger partial charge < -0.3 is 10.6 Å². The molecule has 0 aliphatic rings. The summed E-state index contributed by atoms with van der Waals surface area (Å²) < 4.78 is 0. The Balaban J connectivity index is 3.44. The SMILES string of the molecule is CCN(CC)CCCN=C(N)NN. The summed E-state index contributed by atoms with van der Waals surface area (Å²) in [5, 5.41) is 0. The molecule has 0 aliphatic carbocycles. The molecule has 0 spiro atoms. The van der Waals surface area contributed by atoms with Gasteiger partial charge in [0.05, 0.1) is 0 Å². The molecule has 0 aliphatic heterocycles. The van der Waals surface area contributed by atoms with E-state index in [1.54, 1.807) is 0 Å². The van der Waals surface area contributed by atoms with Gasteiger partial charge in [-0.05, 0) is 26.1 Å². The lowest BCUT2D eigenvalue weighted by Gasteiger charge is -2.16. The van der Waals surface area contributed by atoms with E-state index in [0.717, 1.165) is 32.6 Å². The number of guanidine groups is 1. The zero-order valence-electron chi connectivity index (χ0n) is 8.58. The first-order valence-corrected chi connectivity index (χ1v) is 4.73. The number of nitrogens with two attached hydrogens (primary N) is 2. The molecule has 0 aromatic carbocycles. The summed E-state index contributed by atoms with van der Waals surface area (Å²) in [5.74, 6) is 5.36. The van der Waals surface area contributed by atoms with Gasteiger partial charge in [-0.25, -0.2) is 5.84 Å². The normalized spacial score (nSPS) is 12.2. The van der Waals surface area contributed by atoms with Gasteiger partial charge in [0.25, 0.3) is 0 Å². The van der Waals surface area contributed by atoms with Crippen molar-refractivity contribution in [3.05, 3.63) is 0 Å². The molecule has 0 amide bonds. The largest absolute Gasteiger partial charge is 0.369 e. The summed E-state index contributed by atoms with van der Waals surface area (Å²) >= 11 is 0. The van der Waals surface area contributed by atoms with E-state index in [-0.39, 0.29) is 0 Å². The van der Waals surface area contributed by atoms with Crippen LogP contribution in [0.1, 0.15) is 20.3 Å². The van der Waals surface area contributed by atoms with Crippen LogP contribution in [0.25, 0.3) is 0 Å². The second-order valence-corrected chi connectivity index (χ2v) is 2.79. The Morgan fingerprint density at radius 1 is 1.38 bits per heavy atom. The first-order valence-electron chi connectivity index (χ1n) is 4.73. The molecular formula is C8H21N5. The van der Waals surface area contributed by atoms with Crippen LogP contribution in [-0.2, 0) is 0 Å². The Morgan fingerprint density at radius 2 is 2.00 bits per heavy atom. The van der Waals surface area contributed by atoms with Crippen LogP contribution in [0.4, 0.5) is 0 Å². The van der Waals surface area contributed by atoms with Gasteiger partial charge in [-0.15, -0.1) is 0 Å². The van der Waals surface area contributed by atoms with Crippen LogP contribution >= 0.6 is 0 Å². The van der Waals surface area contributed by atoms with Crippen molar-refractivity contribution in [1.82, 2.24) is 10.3 Å². The van der Waals surface area contributed by atoms with E-state index < -0.39 is 0 Å². The average molecular weight is 187 g/mol. The van der Waals surface area contributed by atoms with Gasteiger partial charge in [-0.3, -0.25) is 10.4 Å². The van der Waals surface area contributed by atoms with Gasteiger partial charge in [0, 0.05) is 6.54 Å². The lowest BCUT2D eigenvalue weighted by molar-refractivity contribution is 0.302. The molecule has 0 saturated carbocycles. The predicted octanol–water partition coefficient (Wildman–Crippen LogP) is -0.504. The summed E-state index contributed by atoms with van der Waals surface area (Å²) in [5.41, 5.74) is 7.65. The molecule has 0 saturated heterocycles. The van der Waals surface area contributed by atoms with Gasteiger partial charge in [-0.2, -0.15) is 0 Å². The van der Waals surface area contributed by atoms with Crippen LogP contribution in [0.3, 0.4) is 0 Å². The van der Waals surface area contributed by atoms with Crippen LogP contribution in [0, 0.1) is 0 Å². The van der Waals surface area contributed by atoms with Gasteiger partial charge in [0.2, 0.25) is 5.96 Å². The number of hydrogen-bond acceptors (Lipinski definition) is 3. The van der Waals surface area contributed by atoms with E-state index in [1.807, 2.05) is 0 Å². The molecule has 78 valence electrons. The highest BCUT2D eigenvalue weighted by atomic mass is 15.3. The van der Waals surface area contributed by atoms with Crippen molar-refractivity contribution in [3.63, 3.8) is 0 Å². The minimum Gasteiger partial charge on any atom is -0.369 e. The number of hydrogen-bond donors (Lipinski definition) is 3. The first kappa shape index (κ1) is 12.2. The zero-order valence-corrected chi connectivity index (χ0v) is 8.58. The third-order valence-corrected chi connectivity index (χ3v) is 1.96. The van der Waals surface area contributed by atoms with E-state index in [0.29, 0.717) is 5.96 Å². The molecule has 0 atom stereocenters. The highest BCUT2D eigenvalue weighted by Crippen LogP contribution is 1.90. The molecular weight excluding hydrogens is 166 g/mol. The molecule has 0 bridgehead atoms. The molecule has 5 nitrogen and oxygen atoms in total. The maximum absolute atomic E-state index is 5.36. The Bertz CT molecular complexity index is 141. The molecule has 13 heavy (non-hydrogen) atoms. The van der Waals surface area contributed by atoms with Crippen molar-refractivity contribution in [3.8, 4) is 0 Å². The summed E-state index contributed by atoms with van der Waals surface area (Å²) in [7, 11) is 0. The smallest absolute Gasteiger partial charge is 0.203 e. The molecule has 0 fully saturated rings. The lowest BCUT2D eigenvalue weighted by Crippen LogP contribution is -2.37. The second kappa shape index (κ2) is 7.82. The molecule has 0 heterocycles. The van der Waals surface area contributed by atoms with Crippen molar-refractivity contribution in [2.24, 2.45) is 16.6 Å². The van der Waals surface area contributed by atoms with Crippen molar-refractivity contribution in [2.75, 3.05) is 26.2 Å². The van der Waals surface area contributed by atoms with Gasteiger partial charge >= 0.3 is 0 Å². The van der Waals surface area contributed by atoms with Crippen molar-refractivity contribution < 1.29 is 0 Å². The van der Waals surface area contributed by atoms with Gasteiger partial charge in [-0.1, -0.05) is 13.8 Å². The highest BCUT2D eigenvalue weighted by Gasteiger charge is 1.96. The van der Waals surface area contributed by atoms with E-state index >= 15 is 0 Å². The Hall–Kier alpha value is -0.810. The standard InChI is InChI=1S/C8H21N5/c1-3-13(4-2)7-5-6-11-8(9)12-10/h3-7,10H2,1-2H3,(H3,9,11,12). The number of aliphatic imine (C=N–C) groups is 1. The Morgan fingerprint density at radius 3 is 2.46 bits per heavy atom. The number of nitrogens with one attached hydrogen (secondary N) is 1. The summed E-state index contributed by atoms with van der Waals surface area (Å²) in [6.07, 6.45) is 1.02. The minimum atomic E-state index is 0.305. The van der Waals surface area contributed by atoms with E-state index in [4.69, 9.17) is 11.6 Å². The second-order valence-electron chi connectivity index (χ2n) is 2.79. The van der Waals surface area contributed by atoms with Gasteiger partial charge in [0.15, 0.2) is 0 Å². The molecule has 0 rings (SSSR count). The van der Waals surface area contributed by atoms with Crippen LogP contribution in [0.5, 0.6) is 0 Å². The van der Waals surface area contributed by atoms with E-state index in [2.05, 4.69) is 29.2 Å². The molecule has 0 aromatic rings. The van der Waals surface area contributed by atoms with Crippen molar-refractivity contribution in [1.29, 1.82) is 0 Å². The maximum Gasteiger partial charge on any atom is 0.203 e. The third kappa shape index (κ3) is 6.36. The summed E-state index contributed by atoms with van der Waals surface area (Å²) in [6, 6.07) is 0. The minimum absolute atomic E-state index is 0.305. The van der Waals surface area contributed by atoms with Gasteiger partial charge in [0.1, 0.15) is 0 Å². The Labute approximate surface area is 80.1 Å². The molecule has 0 unspecified atom stereocenters. The van der Waals surface area contributed by atoms with E-state index in [9.17, 15) is 0 Å². The monoisotopic (exact) mass is 187 g/mol. The van der Waals surface area contributed by atoms with Crippen LogP contribution < -0.4 is 17.0 Å². The molecule has 5 N–H and O–H groups in total. The number of nitrogens with zero attached hydrogens (tertiary/aromatic N) is 2. The topological polar surface area (TPSA) is 79.7 Å². The third-order valence-electron chi connectivity index (χ3n) is 1.96. The van der Waals surface area contributed by atoms with Crippen molar-refractivity contribution in [2.45, 2.75) is 20.3 Å². The molecule has 0 aromatic heterocycles. The number of hydrazine groups is 1. The molecule has 0 radical (unpaired) electrons. The van der Waals surface area contributed by atoms with Crippen LogP contribution in [0.2, 0.25) is 0 Å². The predicted molar refractivity (Wildman–Crippen MR) is 56.2 cm³/mol. The fourth-order valence-corrected chi connectivity index (χ4v) is 1.08. The van der Waals surface area contributed by atoms with Crippen LogP contribution in [0.15, 0.2) is 4.99 Å². The van der Waals surface area contributed by atoms with E-state index in [1.165, 1.54) is 0 Å². The zero-order chi connectivity index (χ0) is 10.1. The average Bonchev–Trinajstić information content (AvgIpc) is 2.18. The fourth-order valence-electron chi connectivity index (χ4n) is 1.08. The lowest BCUT2D eigenvalue weighted by atomic mass is 10.4.